The lowest BCUT2D eigenvalue weighted by Gasteiger charge is -2.07. The molecule has 0 aliphatic carbocycles. The highest BCUT2D eigenvalue weighted by molar-refractivity contribution is 14.1. The van der Waals surface area contributed by atoms with E-state index in [2.05, 4.69) is 25.7 Å². The van der Waals surface area contributed by atoms with Crippen LogP contribution in [0, 0.1) is 3.57 Å². The summed E-state index contributed by atoms with van der Waals surface area (Å²) >= 11 is 4.82. The number of aromatic nitrogens is 1. The third-order valence-electron chi connectivity index (χ3n) is 0.956. The molecule has 0 atom stereocenters. The Labute approximate surface area is 93.8 Å². The largest absolute Gasteiger partial charge is 0.574 e. The molecule has 1 heterocycles. The second-order valence-corrected chi connectivity index (χ2v) is 4.05. The first kappa shape index (κ1) is 11.0. The fourth-order valence-corrected chi connectivity index (χ4v) is 2.02. The van der Waals surface area contributed by atoms with Gasteiger partial charge in [-0.15, -0.1) is 13.2 Å². The lowest BCUT2D eigenvalue weighted by atomic mass is 10.5. The van der Waals surface area contributed by atoms with Crippen LogP contribution in [0.25, 0.3) is 0 Å². The molecule has 0 saturated carbocycles. The number of halogens is 5. The van der Waals surface area contributed by atoms with Crippen molar-refractivity contribution in [3.05, 3.63) is 20.3 Å². The maximum Gasteiger partial charge on any atom is 0.574 e. The van der Waals surface area contributed by atoms with Crippen LogP contribution in [-0.4, -0.2) is 11.3 Å². The molecule has 72 valence electrons. The zero-order valence-corrected chi connectivity index (χ0v) is 9.64. The van der Waals surface area contributed by atoms with Gasteiger partial charge in [-0.05, 0) is 44.6 Å². The highest BCUT2D eigenvalue weighted by Gasteiger charge is 2.31. The Hall–Kier alpha value is -0.0500. The standard InChI is InChI=1S/C6H2BrF3INO/c7-4-1-3(11)2-5(12-4)13-6(8,9)10/h1-2H. The molecule has 0 spiro atoms. The fourth-order valence-electron chi connectivity index (χ4n) is 0.614. The molecule has 13 heavy (non-hydrogen) atoms. The molecule has 0 saturated heterocycles. The monoisotopic (exact) mass is 367 g/mol. The molecule has 1 rings (SSSR count). The molecule has 0 amide bonds. The van der Waals surface area contributed by atoms with E-state index in [0.717, 1.165) is 0 Å². The summed E-state index contributed by atoms with van der Waals surface area (Å²) in [4.78, 5) is 3.49. The molecule has 0 unspecified atom stereocenters. The maximum absolute atomic E-state index is 11.7. The Morgan fingerprint density at radius 3 is 2.46 bits per heavy atom. The summed E-state index contributed by atoms with van der Waals surface area (Å²) in [6, 6.07) is 2.77. The number of nitrogens with zero attached hydrogens (tertiary/aromatic N) is 1. The number of hydrogen-bond acceptors (Lipinski definition) is 2. The van der Waals surface area contributed by atoms with Crippen LogP contribution < -0.4 is 4.74 Å². The van der Waals surface area contributed by atoms with Crippen molar-refractivity contribution in [2.24, 2.45) is 0 Å². The molecule has 0 fully saturated rings. The zero-order chi connectivity index (χ0) is 10.1. The van der Waals surface area contributed by atoms with Crippen molar-refractivity contribution < 1.29 is 17.9 Å². The third-order valence-corrected chi connectivity index (χ3v) is 1.98. The summed E-state index contributed by atoms with van der Waals surface area (Å²) in [6.45, 7) is 0. The van der Waals surface area contributed by atoms with Crippen molar-refractivity contribution in [1.82, 2.24) is 4.98 Å². The van der Waals surface area contributed by atoms with Gasteiger partial charge in [0.25, 0.3) is 0 Å². The van der Waals surface area contributed by atoms with Crippen LogP contribution in [0.1, 0.15) is 0 Å². The van der Waals surface area contributed by atoms with Gasteiger partial charge < -0.3 is 4.74 Å². The van der Waals surface area contributed by atoms with Crippen molar-refractivity contribution >= 4 is 38.5 Å². The second-order valence-electron chi connectivity index (χ2n) is 1.99. The van der Waals surface area contributed by atoms with E-state index in [0.29, 0.717) is 8.17 Å². The maximum atomic E-state index is 11.7. The molecule has 0 aromatic carbocycles. The van der Waals surface area contributed by atoms with Gasteiger partial charge in [0.2, 0.25) is 5.88 Å². The van der Waals surface area contributed by atoms with Gasteiger partial charge in [0, 0.05) is 9.64 Å². The Bertz CT molecular complexity index is 297. The van der Waals surface area contributed by atoms with Gasteiger partial charge in [0.05, 0.1) is 0 Å². The number of hydrogen-bond donors (Lipinski definition) is 0. The molecule has 0 radical (unpaired) electrons. The van der Waals surface area contributed by atoms with Crippen molar-refractivity contribution in [3.8, 4) is 5.88 Å². The van der Waals surface area contributed by atoms with E-state index in [1.54, 1.807) is 6.07 Å². The molecule has 0 bridgehead atoms. The summed E-state index contributed by atoms with van der Waals surface area (Å²) in [5.41, 5.74) is 0. The molecular formula is C6H2BrF3INO. The van der Waals surface area contributed by atoms with E-state index < -0.39 is 12.2 Å². The van der Waals surface area contributed by atoms with Crippen LogP contribution in [0.15, 0.2) is 16.7 Å². The summed E-state index contributed by atoms with van der Waals surface area (Å²) in [5, 5.41) is 0. The first-order chi connectivity index (χ1) is 5.87. The van der Waals surface area contributed by atoms with E-state index in [-0.39, 0.29) is 0 Å². The highest BCUT2D eigenvalue weighted by atomic mass is 127. The highest BCUT2D eigenvalue weighted by Crippen LogP contribution is 2.24. The molecular weight excluding hydrogens is 366 g/mol. The Kier molecular flexibility index (Phi) is 3.38. The predicted molar refractivity (Wildman–Crippen MR) is 51.3 cm³/mol. The fraction of sp³-hybridized carbons (Fsp3) is 0.167. The SMILES string of the molecule is FC(F)(F)Oc1cc(I)cc(Br)n1. The van der Waals surface area contributed by atoms with E-state index in [9.17, 15) is 13.2 Å². The van der Waals surface area contributed by atoms with Crippen LogP contribution >= 0.6 is 38.5 Å². The lowest BCUT2D eigenvalue weighted by molar-refractivity contribution is -0.276. The minimum Gasteiger partial charge on any atom is -0.388 e. The number of alkyl halides is 3. The van der Waals surface area contributed by atoms with E-state index in [1.165, 1.54) is 6.07 Å². The number of rotatable bonds is 1. The molecule has 0 aliphatic heterocycles. The second kappa shape index (κ2) is 3.99. The lowest BCUT2D eigenvalue weighted by Crippen LogP contribution is -2.18. The van der Waals surface area contributed by atoms with Crippen LogP contribution in [-0.2, 0) is 0 Å². The van der Waals surface area contributed by atoms with E-state index in [4.69, 9.17) is 0 Å². The Morgan fingerprint density at radius 1 is 1.38 bits per heavy atom. The van der Waals surface area contributed by atoms with Gasteiger partial charge in [-0.2, -0.15) is 0 Å². The quantitative estimate of drug-likeness (QED) is 0.561. The van der Waals surface area contributed by atoms with E-state index in [1.807, 2.05) is 22.6 Å². The molecule has 0 aliphatic rings. The van der Waals surface area contributed by atoms with Gasteiger partial charge in [-0.1, -0.05) is 0 Å². The predicted octanol–water partition coefficient (Wildman–Crippen LogP) is 3.35. The van der Waals surface area contributed by atoms with Crippen LogP contribution in [0.5, 0.6) is 5.88 Å². The number of ether oxygens (including phenoxy) is 1. The molecule has 0 N–H and O–H groups in total. The Balaban J connectivity index is 2.90. The van der Waals surface area contributed by atoms with Gasteiger partial charge in [0.1, 0.15) is 4.60 Å². The summed E-state index contributed by atoms with van der Waals surface area (Å²) < 4.78 is 39.7. The zero-order valence-electron chi connectivity index (χ0n) is 5.90. The molecule has 7 heteroatoms. The van der Waals surface area contributed by atoms with Gasteiger partial charge in [0.15, 0.2) is 0 Å². The van der Waals surface area contributed by atoms with Gasteiger partial charge in [-0.25, -0.2) is 4.98 Å². The summed E-state index contributed by atoms with van der Waals surface area (Å²) in [7, 11) is 0. The average molecular weight is 368 g/mol. The molecule has 1 aromatic rings. The topological polar surface area (TPSA) is 22.1 Å². The van der Waals surface area contributed by atoms with Crippen molar-refractivity contribution in [2.75, 3.05) is 0 Å². The van der Waals surface area contributed by atoms with Crippen LogP contribution in [0.3, 0.4) is 0 Å². The summed E-state index contributed by atoms with van der Waals surface area (Å²) in [5.74, 6) is -0.466. The van der Waals surface area contributed by atoms with Crippen LogP contribution in [0.2, 0.25) is 0 Å². The molecule has 2 nitrogen and oxygen atoms in total. The summed E-state index contributed by atoms with van der Waals surface area (Å²) in [6.07, 6.45) is -4.70. The first-order valence-electron chi connectivity index (χ1n) is 2.96. The minimum atomic E-state index is -4.70. The number of pyridine rings is 1. The van der Waals surface area contributed by atoms with Gasteiger partial charge in [-0.3, -0.25) is 0 Å². The minimum absolute atomic E-state index is 0.304. The molecule has 1 aromatic heterocycles. The van der Waals surface area contributed by atoms with E-state index >= 15 is 0 Å². The average Bonchev–Trinajstić information content (AvgIpc) is 1.78. The van der Waals surface area contributed by atoms with Crippen molar-refractivity contribution in [3.63, 3.8) is 0 Å². The normalized spacial score (nSPS) is 11.5. The van der Waals surface area contributed by atoms with Gasteiger partial charge >= 0.3 is 6.36 Å². The Morgan fingerprint density at radius 2 is 2.00 bits per heavy atom. The smallest absolute Gasteiger partial charge is 0.388 e. The van der Waals surface area contributed by atoms with Crippen LogP contribution in [0.4, 0.5) is 13.2 Å². The van der Waals surface area contributed by atoms with Crippen molar-refractivity contribution in [2.45, 2.75) is 6.36 Å². The van der Waals surface area contributed by atoms with Crippen molar-refractivity contribution in [1.29, 1.82) is 0 Å². The third kappa shape index (κ3) is 4.12. The first-order valence-corrected chi connectivity index (χ1v) is 4.83.